The molecule has 2 aromatic rings. The number of likely N-dealkylation sites (tertiary alicyclic amines) is 1. The Balaban J connectivity index is 1.74. The Kier molecular flexibility index (Phi) is 5.47. The molecule has 4 heterocycles. The van der Waals surface area contributed by atoms with Gasteiger partial charge in [-0.1, -0.05) is 20.8 Å². The fraction of sp³-hybridized carbons (Fsp3) is 0.609. The van der Waals surface area contributed by atoms with Crippen LogP contribution in [0.25, 0.3) is 11.3 Å². The van der Waals surface area contributed by atoms with Crippen molar-refractivity contribution in [1.29, 1.82) is 0 Å². The van der Waals surface area contributed by atoms with Gasteiger partial charge < -0.3 is 14.4 Å². The highest BCUT2D eigenvalue weighted by atomic mass is 16.1. The lowest BCUT2D eigenvalue weighted by Crippen LogP contribution is -2.48. The van der Waals surface area contributed by atoms with Crippen LogP contribution < -0.4 is 10.5 Å². The van der Waals surface area contributed by atoms with Gasteiger partial charge in [-0.3, -0.25) is 4.79 Å². The summed E-state index contributed by atoms with van der Waals surface area (Å²) in [6.07, 6.45) is 2.03. The number of fused-ring (bicyclic) bond motifs is 4. The summed E-state index contributed by atoms with van der Waals surface area (Å²) in [5, 5.41) is 0. The molecule has 0 spiro atoms. The van der Waals surface area contributed by atoms with E-state index in [2.05, 4.69) is 36.7 Å². The van der Waals surface area contributed by atoms with Crippen LogP contribution in [0.3, 0.4) is 0 Å². The number of anilines is 1. The fourth-order valence-electron chi connectivity index (χ4n) is 4.88. The van der Waals surface area contributed by atoms with E-state index in [9.17, 15) is 4.79 Å². The highest BCUT2D eigenvalue weighted by Crippen LogP contribution is 2.36. The van der Waals surface area contributed by atoms with Crippen LogP contribution in [0.1, 0.15) is 44.5 Å². The lowest BCUT2D eigenvalue weighted by molar-refractivity contribution is 0.109. The molecule has 2 bridgehead atoms. The van der Waals surface area contributed by atoms with Gasteiger partial charge in [-0.2, -0.15) is 0 Å². The van der Waals surface area contributed by atoms with Gasteiger partial charge in [0.2, 0.25) is 5.95 Å². The summed E-state index contributed by atoms with van der Waals surface area (Å²) in [7, 11) is 3.90. The summed E-state index contributed by atoms with van der Waals surface area (Å²) >= 11 is 0. The zero-order chi connectivity index (χ0) is 20.7. The van der Waals surface area contributed by atoms with Crippen LogP contribution in [0.5, 0.6) is 0 Å². The van der Waals surface area contributed by atoms with Gasteiger partial charge >= 0.3 is 0 Å². The van der Waals surface area contributed by atoms with E-state index in [1.165, 1.54) is 12.1 Å². The predicted molar refractivity (Wildman–Crippen MR) is 118 cm³/mol. The average molecular weight is 396 g/mol. The molecule has 1 fully saturated rings. The monoisotopic (exact) mass is 395 g/mol. The van der Waals surface area contributed by atoms with Gasteiger partial charge in [-0.25, -0.2) is 9.97 Å². The summed E-state index contributed by atoms with van der Waals surface area (Å²) in [5.41, 5.74) is 4.05. The minimum Gasteiger partial charge on any atom is -0.347 e. The fourth-order valence-corrected chi connectivity index (χ4v) is 4.88. The molecule has 29 heavy (non-hydrogen) atoms. The van der Waals surface area contributed by atoms with Gasteiger partial charge in [0, 0.05) is 69.2 Å². The lowest BCUT2D eigenvalue weighted by atomic mass is 9.82. The van der Waals surface area contributed by atoms with Gasteiger partial charge in [0.05, 0.1) is 5.69 Å². The molecule has 2 aliphatic heterocycles. The Morgan fingerprint density at radius 2 is 1.93 bits per heavy atom. The third-order valence-corrected chi connectivity index (χ3v) is 6.08. The second kappa shape index (κ2) is 7.90. The highest BCUT2D eigenvalue weighted by molar-refractivity contribution is 5.61. The van der Waals surface area contributed by atoms with E-state index in [1.807, 2.05) is 29.6 Å². The smallest absolute Gasteiger partial charge is 0.251 e. The Labute approximate surface area is 173 Å². The Bertz CT molecular complexity index is 949. The Hall–Kier alpha value is -2.21. The van der Waals surface area contributed by atoms with Crippen molar-refractivity contribution in [2.24, 2.45) is 11.8 Å². The predicted octanol–water partition coefficient (Wildman–Crippen LogP) is 3.01. The van der Waals surface area contributed by atoms with Crippen LogP contribution in [-0.4, -0.2) is 53.2 Å². The molecule has 2 atom stereocenters. The second-order valence-electron chi connectivity index (χ2n) is 9.32. The zero-order valence-corrected chi connectivity index (χ0v) is 18.4. The normalized spacial score (nSPS) is 21.3. The third kappa shape index (κ3) is 4.08. The first-order chi connectivity index (χ1) is 13.8. The summed E-state index contributed by atoms with van der Waals surface area (Å²) in [4.78, 5) is 26.9. The van der Waals surface area contributed by atoms with Crippen molar-refractivity contribution in [3.05, 3.63) is 39.9 Å². The molecule has 4 rings (SSSR count). The van der Waals surface area contributed by atoms with Crippen LogP contribution in [0.15, 0.2) is 23.0 Å². The molecule has 0 N–H and O–H groups in total. The summed E-state index contributed by atoms with van der Waals surface area (Å²) in [6, 6.07) is 6.00. The molecule has 0 aromatic carbocycles. The van der Waals surface area contributed by atoms with E-state index < -0.39 is 0 Å². The quantitative estimate of drug-likeness (QED) is 0.779. The van der Waals surface area contributed by atoms with Crippen molar-refractivity contribution in [3.63, 3.8) is 0 Å². The number of piperidine rings is 1. The van der Waals surface area contributed by atoms with Crippen LogP contribution in [0, 0.1) is 11.8 Å². The maximum atomic E-state index is 13.0. The summed E-state index contributed by atoms with van der Waals surface area (Å²) in [5.74, 6) is 2.36. The number of rotatable bonds is 5. The summed E-state index contributed by atoms with van der Waals surface area (Å²) < 4.78 is 2.02. The zero-order valence-electron chi connectivity index (χ0n) is 18.4. The van der Waals surface area contributed by atoms with E-state index in [0.29, 0.717) is 23.7 Å². The minimum absolute atomic E-state index is 0.104. The van der Waals surface area contributed by atoms with Crippen LogP contribution in [0.4, 0.5) is 5.95 Å². The molecule has 0 amide bonds. The van der Waals surface area contributed by atoms with E-state index >= 15 is 0 Å². The first-order valence-corrected chi connectivity index (χ1v) is 10.9. The number of aryl methyl sites for hydroxylation is 1. The second-order valence-corrected chi connectivity index (χ2v) is 9.32. The molecule has 0 aliphatic carbocycles. The lowest BCUT2D eigenvalue weighted by Gasteiger charge is -2.43. The molecule has 156 valence electrons. The van der Waals surface area contributed by atoms with Crippen molar-refractivity contribution in [2.75, 3.05) is 38.6 Å². The Morgan fingerprint density at radius 1 is 1.14 bits per heavy atom. The van der Waals surface area contributed by atoms with E-state index in [1.54, 1.807) is 6.07 Å². The molecule has 2 aliphatic rings. The van der Waals surface area contributed by atoms with E-state index in [4.69, 9.17) is 4.98 Å². The van der Waals surface area contributed by atoms with Crippen molar-refractivity contribution >= 4 is 5.95 Å². The molecular weight excluding hydrogens is 362 g/mol. The van der Waals surface area contributed by atoms with E-state index in [0.717, 1.165) is 49.6 Å². The van der Waals surface area contributed by atoms with Gasteiger partial charge in [0.25, 0.3) is 5.56 Å². The van der Waals surface area contributed by atoms with Crippen molar-refractivity contribution in [3.8, 4) is 11.3 Å². The first-order valence-electron chi connectivity index (χ1n) is 10.9. The van der Waals surface area contributed by atoms with Gasteiger partial charge in [-0.05, 0) is 36.8 Å². The standard InChI is InChI=1S/C23H33N5O/c1-6-19-10-20(25-23(24-19)26(4)5)17-8-21-18-7-16(13-28(21)22(29)9-17)12-27(14-18)11-15(2)3/h8-10,15-16,18H,6-7,11-14H2,1-5H3/t16-,18+/m0/s1. The van der Waals surface area contributed by atoms with Crippen molar-refractivity contribution < 1.29 is 0 Å². The van der Waals surface area contributed by atoms with Crippen molar-refractivity contribution in [2.45, 2.75) is 46.1 Å². The molecule has 0 radical (unpaired) electrons. The van der Waals surface area contributed by atoms with Crippen molar-refractivity contribution in [1.82, 2.24) is 19.4 Å². The molecule has 1 saturated heterocycles. The molecular formula is C23H33N5O. The number of hydrogen-bond donors (Lipinski definition) is 0. The first kappa shape index (κ1) is 20.1. The largest absolute Gasteiger partial charge is 0.347 e. The van der Waals surface area contributed by atoms with Gasteiger partial charge in [0.15, 0.2) is 0 Å². The van der Waals surface area contributed by atoms with Crippen LogP contribution in [0.2, 0.25) is 0 Å². The molecule has 6 heteroatoms. The van der Waals surface area contributed by atoms with E-state index in [-0.39, 0.29) is 5.56 Å². The maximum absolute atomic E-state index is 13.0. The third-order valence-electron chi connectivity index (χ3n) is 6.08. The molecule has 6 nitrogen and oxygen atoms in total. The maximum Gasteiger partial charge on any atom is 0.251 e. The van der Waals surface area contributed by atoms with Gasteiger partial charge in [-0.15, -0.1) is 0 Å². The minimum atomic E-state index is 0.104. The molecule has 0 unspecified atom stereocenters. The highest BCUT2D eigenvalue weighted by Gasteiger charge is 2.35. The Morgan fingerprint density at radius 3 is 2.62 bits per heavy atom. The molecule has 2 aromatic heterocycles. The number of pyridine rings is 1. The van der Waals surface area contributed by atoms with Crippen LogP contribution >= 0.6 is 0 Å². The number of aromatic nitrogens is 3. The van der Waals surface area contributed by atoms with Crippen LogP contribution in [-0.2, 0) is 13.0 Å². The summed E-state index contributed by atoms with van der Waals surface area (Å²) in [6.45, 7) is 10.8. The average Bonchev–Trinajstić information content (AvgIpc) is 2.67. The SMILES string of the molecule is CCc1cc(-c2cc3n(c(=O)c2)C[C@H]2C[C@@H]3CN(CC(C)C)C2)nc(N(C)C)n1. The number of hydrogen-bond acceptors (Lipinski definition) is 5. The molecule has 0 saturated carbocycles. The topological polar surface area (TPSA) is 54.3 Å². The van der Waals surface area contributed by atoms with Gasteiger partial charge in [0.1, 0.15) is 0 Å². The number of nitrogens with zero attached hydrogens (tertiary/aromatic N) is 5.